The third-order valence-corrected chi connectivity index (χ3v) is 3.20. The molecule has 92 valence electrons. The van der Waals surface area contributed by atoms with Gasteiger partial charge in [-0.3, -0.25) is 0 Å². The lowest BCUT2D eigenvalue weighted by molar-refractivity contribution is 0.749. The Kier molecular flexibility index (Phi) is 6.34. The molecule has 0 saturated heterocycles. The molecule has 0 aliphatic heterocycles. The molecule has 0 saturated carbocycles. The summed E-state index contributed by atoms with van der Waals surface area (Å²) < 4.78 is 0. The summed E-state index contributed by atoms with van der Waals surface area (Å²) in [4.78, 5) is 0. The summed E-state index contributed by atoms with van der Waals surface area (Å²) in [6, 6.07) is 7.54. The van der Waals surface area contributed by atoms with Gasteiger partial charge in [-0.25, -0.2) is 0 Å². The Hall–Kier alpha value is -1.34. The van der Waals surface area contributed by atoms with E-state index in [9.17, 15) is 0 Å². The number of nitrogens with one attached hydrogen (secondary N) is 1. The molecule has 0 amide bonds. The molecule has 1 rings (SSSR count). The zero-order valence-electron chi connectivity index (χ0n) is 10.2. The summed E-state index contributed by atoms with van der Waals surface area (Å²) in [7, 11) is 0. The van der Waals surface area contributed by atoms with Gasteiger partial charge >= 0.3 is 0 Å². The Morgan fingerprint density at radius 3 is 2.88 bits per heavy atom. The van der Waals surface area contributed by atoms with Crippen molar-refractivity contribution in [3.05, 3.63) is 23.8 Å². The van der Waals surface area contributed by atoms with Crippen LogP contribution in [0.2, 0.25) is 0 Å². The van der Waals surface area contributed by atoms with Gasteiger partial charge in [0, 0.05) is 12.2 Å². The second-order valence-electron chi connectivity index (χ2n) is 3.90. The van der Waals surface area contributed by atoms with Crippen LogP contribution in [0.25, 0.3) is 0 Å². The number of anilines is 2. The van der Waals surface area contributed by atoms with Crippen molar-refractivity contribution in [2.24, 2.45) is 0 Å². The summed E-state index contributed by atoms with van der Waals surface area (Å²) in [5.74, 6) is 1.23. The molecule has 0 spiro atoms. The Morgan fingerprint density at radius 2 is 2.18 bits per heavy atom. The number of hydrogen-bond acceptors (Lipinski definition) is 4. The second kappa shape index (κ2) is 7.86. The maximum Gasteiger partial charge on any atom is 0.101 e. The van der Waals surface area contributed by atoms with E-state index >= 15 is 0 Å². The number of hydrogen-bond donors (Lipinski definition) is 2. The molecule has 0 radical (unpaired) electrons. The smallest absolute Gasteiger partial charge is 0.101 e. The van der Waals surface area contributed by atoms with Gasteiger partial charge < -0.3 is 11.1 Å². The Labute approximate surface area is 107 Å². The molecule has 1 aromatic rings. The van der Waals surface area contributed by atoms with Crippen molar-refractivity contribution < 1.29 is 0 Å². The van der Waals surface area contributed by atoms with E-state index in [1.165, 1.54) is 18.6 Å². The predicted octanol–water partition coefficient (Wildman–Crippen LogP) is 3.09. The summed E-state index contributed by atoms with van der Waals surface area (Å²) >= 11 is 1.89. The van der Waals surface area contributed by atoms with E-state index in [1.807, 2.05) is 23.9 Å². The quantitative estimate of drug-likeness (QED) is 0.576. The van der Waals surface area contributed by atoms with Crippen LogP contribution in [0, 0.1) is 11.3 Å². The van der Waals surface area contributed by atoms with E-state index in [2.05, 4.69) is 17.6 Å². The molecule has 0 aliphatic carbocycles. The fourth-order valence-electron chi connectivity index (χ4n) is 1.58. The number of benzene rings is 1. The highest BCUT2D eigenvalue weighted by molar-refractivity contribution is 7.98. The third kappa shape index (κ3) is 5.01. The topological polar surface area (TPSA) is 61.8 Å². The van der Waals surface area contributed by atoms with Gasteiger partial charge in [0.15, 0.2) is 0 Å². The van der Waals surface area contributed by atoms with Crippen LogP contribution in [-0.4, -0.2) is 18.6 Å². The molecule has 0 atom stereocenters. The first-order chi connectivity index (χ1) is 8.27. The molecular formula is C13H19N3S. The van der Waals surface area contributed by atoms with Crippen molar-refractivity contribution in [3.8, 4) is 6.07 Å². The number of rotatable bonds is 7. The molecule has 0 heterocycles. The first-order valence-corrected chi connectivity index (χ1v) is 7.19. The summed E-state index contributed by atoms with van der Waals surface area (Å²) in [5.41, 5.74) is 7.76. The van der Waals surface area contributed by atoms with Crippen LogP contribution in [0.1, 0.15) is 24.8 Å². The number of thioether (sulfide) groups is 1. The number of nitrogens with two attached hydrogens (primary N) is 1. The molecule has 0 fully saturated rings. The fraction of sp³-hybridized carbons (Fsp3) is 0.462. The van der Waals surface area contributed by atoms with E-state index in [0.717, 1.165) is 18.7 Å². The Balaban J connectivity index is 2.34. The number of nitrogen functional groups attached to an aromatic ring is 1. The predicted molar refractivity (Wildman–Crippen MR) is 76.3 cm³/mol. The molecule has 3 N–H and O–H groups in total. The largest absolute Gasteiger partial charge is 0.399 e. The van der Waals surface area contributed by atoms with Crippen LogP contribution in [-0.2, 0) is 0 Å². The van der Waals surface area contributed by atoms with Gasteiger partial charge in [-0.15, -0.1) is 0 Å². The van der Waals surface area contributed by atoms with Gasteiger partial charge in [0.25, 0.3) is 0 Å². The molecule has 0 unspecified atom stereocenters. The highest BCUT2D eigenvalue weighted by Crippen LogP contribution is 2.17. The van der Waals surface area contributed by atoms with Crippen molar-refractivity contribution >= 4 is 23.1 Å². The molecule has 17 heavy (non-hydrogen) atoms. The average Bonchev–Trinajstić information content (AvgIpc) is 2.35. The zero-order valence-corrected chi connectivity index (χ0v) is 11.0. The maximum atomic E-state index is 8.97. The fourth-order valence-corrected chi connectivity index (χ4v) is 2.07. The number of unbranched alkanes of at least 4 members (excludes halogenated alkanes) is 2. The van der Waals surface area contributed by atoms with E-state index < -0.39 is 0 Å². The van der Waals surface area contributed by atoms with Gasteiger partial charge in [-0.2, -0.15) is 17.0 Å². The van der Waals surface area contributed by atoms with Crippen LogP contribution in [0.15, 0.2) is 18.2 Å². The average molecular weight is 249 g/mol. The van der Waals surface area contributed by atoms with E-state index in [4.69, 9.17) is 11.0 Å². The zero-order chi connectivity index (χ0) is 12.5. The number of nitriles is 1. The minimum absolute atomic E-state index is 0.620. The normalized spacial score (nSPS) is 9.88. The van der Waals surface area contributed by atoms with E-state index in [1.54, 1.807) is 6.07 Å². The van der Waals surface area contributed by atoms with Crippen molar-refractivity contribution in [3.63, 3.8) is 0 Å². The number of nitrogens with zero attached hydrogens (tertiary/aromatic N) is 1. The molecule has 4 heteroatoms. The molecule has 0 aromatic heterocycles. The summed E-state index contributed by atoms with van der Waals surface area (Å²) in [6.45, 7) is 0.910. The second-order valence-corrected chi connectivity index (χ2v) is 4.88. The van der Waals surface area contributed by atoms with Crippen molar-refractivity contribution in [1.29, 1.82) is 5.26 Å². The van der Waals surface area contributed by atoms with Crippen molar-refractivity contribution in [2.75, 3.05) is 29.6 Å². The SMILES string of the molecule is CSCCCCCNc1ccc(N)cc1C#N. The third-order valence-electron chi connectivity index (χ3n) is 2.50. The highest BCUT2D eigenvalue weighted by atomic mass is 32.2. The molecule has 0 aliphatic rings. The maximum absolute atomic E-state index is 8.97. The summed E-state index contributed by atoms with van der Waals surface area (Å²) in [6.07, 6.45) is 5.75. The summed E-state index contributed by atoms with van der Waals surface area (Å²) in [5, 5.41) is 12.3. The minimum Gasteiger partial charge on any atom is -0.399 e. The van der Waals surface area contributed by atoms with Crippen LogP contribution in [0.3, 0.4) is 0 Å². The molecule has 3 nitrogen and oxygen atoms in total. The van der Waals surface area contributed by atoms with Gasteiger partial charge in [0.1, 0.15) is 6.07 Å². The van der Waals surface area contributed by atoms with Gasteiger partial charge in [-0.1, -0.05) is 6.42 Å². The first-order valence-electron chi connectivity index (χ1n) is 5.80. The first kappa shape index (κ1) is 13.7. The standard InChI is InChI=1S/C13H19N3S/c1-17-8-4-2-3-7-16-13-6-5-12(15)9-11(13)10-14/h5-6,9,16H,2-4,7-8,15H2,1H3. The molecule has 1 aromatic carbocycles. The van der Waals surface area contributed by atoms with Crippen LogP contribution >= 0.6 is 11.8 Å². The van der Waals surface area contributed by atoms with Gasteiger partial charge in [0.05, 0.1) is 11.3 Å². The van der Waals surface area contributed by atoms with Crippen LogP contribution in [0.4, 0.5) is 11.4 Å². The monoisotopic (exact) mass is 249 g/mol. The minimum atomic E-state index is 0.620. The lowest BCUT2D eigenvalue weighted by Crippen LogP contribution is -2.03. The lowest BCUT2D eigenvalue weighted by Gasteiger charge is -2.08. The Bertz CT molecular complexity index is 385. The van der Waals surface area contributed by atoms with E-state index in [0.29, 0.717) is 11.3 Å². The lowest BCUT2D eigenvalue weighted by atomic mass is 10.1. The van der Waals surface area contributed by atoms with Crippen LogP contribution < -0.4 is 11.1 Å². The van der Waals surface area contributed by atoms with Crippen molar-refractivity contribution in [1.82, 2.24) is 0 Å². The highest BCUT2D eigenvalue weighted by Gasteiger charge is 2.01. The van der Waals surface area contributed by atoms with Gasteiger partial charge in [-0.05, 0) is 43.0 Å². The van der Waals surface area contributed by atoms with E-state index in [-0.39, 0.29) is 0 Å². The molecular weight excluding hydrogens is 230 g/mol. The Morgan fingerprint density at radius 1 is 1.35 bits per heavy atom. The van der Waals surface area contributed by atoms with Crippen LogP contribution in [0.5, 0.6) is 0 Å². The van der Waals surface area contributed by atoms with Gasteiger partial charge in [0.2, 0.25) is 0 Å². The van der Waals surface area contributed by atoms with Crippen molar-refractivity contribution in [2.45, 2.75) is 19.3 Å². The molecule has 0 bridgehead atoms.